The van der Waals surface area contributed by atoms with Crippen LogP contribution in [0.3, 0.4) is 0 Å². The Morgan fingerprint density at radius 1 is 0.947 bits per heavy atom. The Balaban J connectivity index is 1.86. The largest absolute Gasteiger partial charge is 0.378 e. The minimum absolute atomic E-state index is 0.457. The number of fused-ring (bicyclic) bond motifs is 1. The lowest BCUT2D eigenvalue weighted by Crippen LogP contribution is -2.11. The Kier molecular flexibility index (Phi) is 4.06. The van der Waals surface area contributed by atoms with Gasteiger partial charge >= 0.3 is 0 Å². The second kappa shape index (κ2) is 5.95. The van der Waals surface area contributed by atoms with Crippen molar-refractivity contribution in [3.8, 4) is 0 Å². The molecule has 0 saturated carbocycles. The first-order valence-corrected chi connectivity index (χ1v) is 8.01. The SMILES string of the molecule is Ic1ccc(NC2CCCCc3ccccc32)cc1. The zero-order chi connectivity index (χ0) is 13.1. The molecule has 98 valence electrons. The summed E-state index contributed by atoms with van der Waals surface area (Å²) >= 11 is 2.35. The monoisotopic (exact) mass is 363 g/mol. The molecule has 1 nitrogen and oxygen atoms in total. The summed E-state index contributed by atoms with van der Waals surface area (Å²) in [5.41, 5.74) is 4.23. The minimum Gasteiger partial charge on any atom is -0.378 e. The molecule has 2 aromatic rings. The number of hydrogen-bond acceptors (Lipinski definition) is 1. The highest BCUT2D eigenvalue weighted by molar-refractivity contribution is 14.1. The summed E-state index contributed by atoms with van der Waals surface area (Å²) in [4.78, 5) is 0. The van der Waals surface area contributed by atoms with Crippen LogP contribution in [0.2, 0.25) is 0 Å². The average molecular weight is 363 g/mol. The highest BCUT2D eigenvalue weighted by atomic mass is 127. The zero-order valence-electron chi connectivity index (χ0n) is 10.9. The molecule has 0 aliphatic heterocycles. The van der Waals surface area contributed by atoms with Crippen LogP contribution in [0, 0.1) is 3.57 Å². The van der Waals surface area contributed by atoms with Crippen LogP contribution in [0.25, 0.3) is 0 Å². The molecule has 0 radical (unpaired) electrons. The van der Waals surface area contributed by atoms with E-state index in [1.54, 1.807) is 0 Å². The summed E-state index contributed by atoms with van der Waals surface area (Å²) in [5.74, 6) is 0. The smallest absolute Gasteiger partial charge is 0.0516 e. The Labute approximate surface area is 128 Å². The maximum absolute atomic E-state index is 3.70. The fourth-order valence-corrected chi connectivity index (χ4v) is 3.18. The van der Waals surface area contributed by atoms with E-state index < -0.39 is 0 Å². The van der Waals surface area contributed by atoms with Gasteiger partial charge in [-0.25, -0.2) is 0 Å². The molecule has 19 heavy (non-hydrogen) atoms. The first-order chi connectivity index (χ1) is 9.33. The zero-order valence-corrected chi connectivity index (χ0v) is 13.1. The second-order valence-corrected chi connectivity index (χ2v) is 6.39. The third kappa shape index (κ3) is 3.11. The van der Waals surface area contributed by atoms with Crippen LogP contribution in [0.15, 0.2) is 48.5 Å². The number of anilines is 1. The molecule has 1 aliphatic carbocycles. The summed E-state index contributed by atoms with van der Waals surface area (Å²) in [6.07, 6.45) is 5.06. The van der Waals surface area contributed by atoms with Crippen molar-refractivity contribution >= 4 is 28.3 Å². The van der Waals surface area contributed by atoms with Gasteiger partial charge in [-0.2, -0.15) is 0 Å². The van der Waals surface area contributed by atoms with E-state index in [1.165, 1.54) is 46.1 Å². The summed E-state index contributed by atoms with van der Waals surface area (Å²) in [7, 11) is 0. The average Bonchev–Trinajstić information content (AvgIpc) is 2.64. The molecule has 3 rings (SSSR count). The maximum Gasteiger partial charge on any atom is 0.0516 e. The molecule has 0 heterocycles. The van der Waals surface area contributed by atoms with Gasteiger partial charge in [0.25, 0.3) is 0 Å². The summed E-state index contributed by atoms with van der Waals surface area (Å²) in [6, 6.07) is 18.0. The van der Waals surface area contributed by atoms with Gasteiger partial charge in [-0.1, -0.05) is 30.7 Å². The van der Waals surface area contributed by atoms with Crippen LogP contribution in [0.1, 0.15) is 36.4 Å². The Bertz CT molecular complexity index is 547. The van der Waals surface area contributed by atoms with Gasteiger partial charge in [0.05, 0.1) is 6.04 Å². The standard InChI is InChI=1S/C17H18IN/c18-14-9-11-15(12-10-14)19-17-8-4-2-6-13-5-1-3-7-16(13)17/h1,3,5,7,9-12,17,19H,2,4,6,8H2. The van der Waals surface area contributed by atoms with Crippen LogP contribution in [0.5, 0.6) is 0 Å². The van der Waals surface area contributed by atoms with Crippen LogP contribution in [-0.2, 0) is 6.42 Å². The topological polar surface area (TPSA) is 12.0 Å². The minimum atomic E-state index is 0.457. The molecule has 1 unspecified atom stereocenters. The van der Waals surface area contributed by atoms with Gasteiger partial charge in [0, 0.05) is 9.26 Å². The van der Waals surface area contributed by atoms with Crippen LogP contribution in [-0.4, -0.2) is 0 Å². The number of halogens is 1. The second-order valence-electron chi connectivity index (χ2n) is 5.15. The first kappa shape index (κ1) is 13.0. The fraction of sp³-hybridized carbons (Fsp3) is 0.294. The lowest BCUT2D eigenvalue weighted by atomic mass is 9.99. The molecular weight excluding hydrogens is 345 g/mol. The molecule has 0 amide bonds. The number of hydrogen-bond donors (Lipinski definition) is 1. The molecule has 0 saturated heterocycles. The van der Waals surface area contributed by atoms with E-state index in [1.807, 2.05) is 0 Å². The number of nitrogens with one attached hydrogen (secondary N) is 1. The molecule has 0 bridgehead atoms. The maximum atomic E-state index is 3.70. The van der Waals surface area contributed by atoms with Crippen molar-refractivity contribution in [1.29, 1.82) is 0 Å². The molecule has 1 N–H and O–H groups in total. The van der Waals surface area contributed by atoms with E-state index in [0.717, 1.165) is 0 Å². The van der Waals surface area contributed by atoms with Crippen molar-refractivity contribution in [3.63, 3.8) is 0 Å². The van der Waals surface area contributed by atoms with Crippen molar-refractivity contribution in [2.45, 2.75) is 31.7 Å². The highest BCUT2D eigenvalue weighted by Crippen LogP contribution is 2.31. The molecule has 0 aromatic heterocycles. The van der Waals surface area contributed by atoms with Gasteiger partial charge in [0.15, 0.2) is 0 Å². The lowest BCUT2D eigenvalue weighted by Gasteiger charge is -2.20. The van der Waals surface area contributed by atoms with Gasteiger partial charge < -0.3 is 5.32 Å². The van der Waals surface area contributed by atoms with E-state index in [4.69, 9.17) is 0 Å². The molecule has 2 heteroatoms. The van der Waals surface area contributed by atoms with Gasteiger partial charge in [-0.15, -0.1) is 0 Å². The van der Waals surface area contributed by atoms with Crippen molar-refractivity contribution in [3.05, 3.63) is 63.2 Å². The van der Waals surface area contributed by atoms with Crippen molar-refractivity contribution in [2.24, 2.45) is 0 Å². The molecule has 2 aromatic carbocycles. The quantitative estimate of drug-likeness (QED) is 0.573. The third-order valence-corrected chi connectivity index (χ3v) is 4.52. The number of rotatable bonds is 2. The van der Waals surface area contributed by atoms with Gasteiger partial charge in [-0.05, 0) is 77.2 Å². The summed E-state index contributed by atoms with van der Waals surface area (Å²) < 4.78 is 1.28. The van der Waals surface area contributed by atoms with Gasteiger partial charge in [0.1, 0.15) is 0 Å². The molecule has 1 aliphatic rings. The normalized spacial score (nSPS) is 18.5. The Morgan fingerprint density at radius 2 is 1.74 bits per heavy atom. The molecule has 0 fully saturated rings. The van der Waals surface area contributed by atoms with Gasteiger partial charge in [0.2, 0.25) is 0 Å². The van der Waals surface area contributed by atoms with E-state index in [2.05, 4.69) is 76.4 Å². The van der Waals surface area contributed by atoms with E-state index in [9.17, 15) is 0 Å². The van der Waals surface area contributed by atoms with Crippen LogP contribution >= 0.6 is 22.6 Å². The Hall–Kier alpha value is -1.03. The summed E-state index contributed by atoms with van der Waals surface area (Å²) in [5, 5.41) is 3.70. The molecule has 0 spiro atoms. The van der Waals surface area contributed by atoms with Crippen molar-refractivity contribution < 1.29 is 0 Å². The summed E-state index contributed by atoms with van der Waals surface area (Å²) in [6.45, 7) is 0. The predicted octanol–water partition coefficient (Wildman–Crippen LogP) is 5.17. The third-order valence-electron chi connectivity index (χ3n) is 3.80. The van der Waals surface area contributed by atoms with E-state index in [0.29, 0.717) is 6.04 Å². The molecular formula is C17H18IN. The van der Waals surface area contributed by atoms with Crippen molar-refractivity contribution in [2.75, 3.05) is 5.32 Å². The van der Waals surface area contributed by atoms with Gasteiger partial charge in [-0.3, -0.25) is 0 Å². The first-order valence-electron chi connectivity index (χ1n) is 6.93. The predicted molar refractivity (Wildman–Crippen MR) is 89.5 cm³/mol. The lowest BCUT2D eigenvalue weighted by molar-refractivity contribution is 0.644. The van der Waals surface area contributed by atoms with Crippen LogP contribution < -0.4 is 5.32 Å². The number of aryl methyl sites for hydroxylation is 1. The fourth-order valence-electron chi connectivity index (χ4n) is 2.82. The van der Waals surface area contributed by atoms with E-state index in [-0.39, 0.29) is 0 Å². The molecule has 1 atom stereocenters. The van der Waals surface area contributed by atoms with Crippen molar-refractivity contribution in [1.82, 2.24) is 0 Å². The highest BCUT2D eigenvalue weighted by Gasteiger charge is 2.17. The van der Waals surface area contributed by atoms with Crippen LogP contribution in [0.4, 0.5) is 5.69 Å². The van der Waals surface area contributed by atoms with E-state index >= 15 is 0 Å². The Morgan fingerprint density at radius 3 is 2.58 bits per heavy atom. The number of benzene rings is 2.